The van der Waals surface area contributed by atoms with Crippen molar-refractivity contribution in [3.8, 4) is 0 Å². The molecule has 2 aromatic rings. The lowest BCUT2D eigenvalue weighted by Crippen LogP contribution is -2.50. The van der Waals surface area contributed by atoms with Gasteiger partial charge in [0.2, 0.25) is 5.91 Å². The Morgan fingerprint density at radius 2 is 1.78 bits per heavy atom. The molecule has 2 heterocycles. The number of hydrogen-bond acceptors (Lipinski definition) is 4. The third-order valence-electron chi connectivity index (χ3n) is 8.13. The van der Waals surface area contributed by atoms with Gasteiger partial charge in [0.25, 0.3) is 5.91 Å². The SMILES string of the molecule is CCC(CC)CN1CC[C@@H](CNC(=O)c2ccc3ccccc3c2)N[C@@H](CCN2CCCCC2)C1=O. The van der Waals surface area contributed by atoms with Crippen LogP contribution in [0.25, 0.3) is 10.8 Å². The van der Waals surface area contributed by atoms with Crippen molar-refractivity contribution < 1.29 is 9.59 Å². The molecule has 2 saturated heterocycles. The summed E-state index contributed by atoms with van der Waals surface area (Å²) >= 11 is 0. The van der Waals surface area contributed by atoms with Crippen LogP contribution in [0.3, 0.4) is 0 Å². The van der Waals surface area contributed by atoms with E-state index < -0.39 is 0 Å². The average molecular weight is 493 g/mol. The Morgan fingerprint density at radius 1 is 1.03 bits per heavy atom. The Bertz CT molecular complexity index is 999. The summed E-state index contributed by atoms with van der Waals surface area (Å²) in [6.45, 7) is 9.79. The molecule has 2 aromatic carbocycles. The van der Waals surface area contributed by atoms with Gasteiger partial charge in [-0.15, -0.1) is 0 Å². The molecule has 0 spiro atoms. The minimum absolute atomic E-state index is 0.0584. The minimum atomic E-state index is -0.189. The topological polar surface area (TPSA) is 64.7 Å². The van der Waals surface area contributed by atoms with Crippen LogP contribution in [0.2, 0.25) is 0 Å². The lowest BCUT2D eigenvalue weighted by atomic mass is 10.0. The second-order valence-electron chi connectivity index (χ2n) is 10.6. The second kappa shape index (κ2) is 13.2. The molecule has 2 aliphatic heterocycles. The zero-order valence-corrected chi connectivity index (χ0v) is 22.2. The van der Waals surface area contributed by atoms with Crippen molar-refractivity contribution in [2.45, 2.75) is 70.9 Å². The first kappa shape index (κ1) is 26.6. The molecular formula is C30H44N4O2. The third kappa shape index (κ3) is 7.07. The summed E-state index contributed by atoms with van der Waals surface area (Å²) in [6, 6.07) is 13.8. The molecule has 2 aliphatic rings. The molecule has 0 unspecified atom stereocenters. The zero-order valence-electron chi connectivity index (χ0n) is 22.2. The number of amides is 2. The Labute approximate surface area is 216 Å². The van der Waals surface area contributed by atoms with E-state index in [1.807, 2.05) is 36.4 Å². The van der Waals surface area contributed by atoms with Crippen molar-refractivity contribution in [2.24, 2.45) is 5.92 Å². The standard InChI is InChI=1S/C30H44N4O2/c1-3-23(4-2)22-34-19-14-27(32-28(30(34)36)15-18-33-16-8-5-9-17-33)21-31-29(35)26-13-12-24-10-6-7-11-25(24)20-26/h6-7,10-13,20,23,27-28,32H,3-5,8-9,14-19,21-22H2,1-2H3,(H,31,35)/t27-,28-/m0/s1. The first-order chi connectivity index (χ1) is 17.6. The van der Waals surface area contributed by atoms with Crippen LogP contribution in [0.4, 0.5) is 0 Å². The summed E-state index contributed by atoms with van der Waals surface area (Å²) in [4.78, 5) is 31.1. The molecule has 6 nitrogen and oxygen atoms in total. The molecule has 2 fully saturated rings. The summed E-state index contributed by atoms with van der Waals surface area (Å²) in [5, 5.41) is 8.99. The number of carbonyl (C=O) groups excluding carboxylic acids is 2. The highest BCUT2D eigenvalue weighted by Gasteiger charge is 2.32. The van der Waals surface area contributed by atoms with Crippen LogP contribution in [-0.4, -0.2) is 73.0 Å². The van der Waals surface area contributed by atoms with E-state index in [2.05, 4.69) is 40.3 Å². The lowest BCUT2D eigenvalue weighted by Gasteiger charge is -2.30. The maximum atomic E-state index is 13.6. The summed E-state index contributed by atoms with van der Waals surface area (Å²) < 4.78 is 0. The monoisotopic (exact) mass is 492 g/mol. The molecule has 0 aromatic heterocycles. The molecule has 6 heteroatoms. The molecule has 2 N–H and O–H groups in total. The van der Waals surface area contributed by atoms with Crippen molar-refractivity contribution >= 4 is 22.6 Å². The van der Waals surface area contributed by atoms with Gasteiger partial charge in [0.05, 0.1) is 6.04 Å². The van der Waals surface area contributed by atoms with Gasteiger partial charge in [0.15, 0.2) is 0 Å². The first-order valence-electron chi connectivity index (χ1n) is 14.1. The number of hydrogen-bond donors (Lipinski definition) is 2. The van der Waals surface area contributed by atoms with Crippen LogP contribution in [-0.2, 0) is 4.79 Å². The molecule has 0 bridgehead atoms. The fourth-order valence-electron chi connectivity index (χ4n) is 5.63. The van der Waals surface area contributed by atoms with Crippen molar-refractivity contribution in [1.82, 2.24) is 20.4 Å². The summed E-state index contributed by atoms with van der Waals surface area (Å²) in [5.41, 5.74) is 0.676. The highest BCUT2D eigenvalue weighted by atomic mass is 16.2. The van der Waals surface area contributed by atoms with E-state index in [1.54, 1.807) is 0 Å². The van der Waals surface area contributed by atoms with Crippen LogP contribution < -0.4 is 10.6 Å². The Hall–Kier alpha value is -2.44. The Balaban J connectivity index is 1.39. The number of carbonyl (C=O) groups is 2. The molecule has 2 atom stereocenters. The molecule has 4 rings (SSSR count). The van der Waals surface area contributed by atoms with Crippen LogP contribution in [0, 0.1) is 5.92 Å². The maximum Gasteiger partial charge on any atom is 0.251 e. The van der Waals surface area contributed by atoms with Crippen LogP contribution in [0.5, 0.6) is 0 Å². The van der Waals surface area contributed by atoms with Crippen LogP contribution in [0.15, 0.2) is 42.5 Å². The molecule has 0 aliphatic carbocycles. The quantitative estimate of drug-likeness (QED) is 0.515. The summed E-state index contributed by atoms with van der Waals surface area (Å²) in [5.74, 6) is 0.722. The molecule has 36 heavy (non-hydrogen) atoms. The Kier molecular flexibility index (Phi) is 9.76. The number of rotatable bonds is 10. The van der Waals surface area contributed by atoms with Crippen LogP contribution >= 0.6 is 0 Å². The van der Waals surface area contributed by atoms with Crippen LogP contribution in [0.1, 0.15) is 69.2 Å². The fourth-order valence-corrected chi connectivity index (χ4v) is 5.63. The second-order valence-corrected chi connectivity index (χ2v) is 10.6. The van der Waals surface area contributed by atoms with Crippen molar-refractivity contribution in [3.05, 3.63) is 48.0 Å². The Morgan fingerprint density at radius 3 is 2.53 bits per heavy atom. The number of nitrogens with one attached hydrogen (secondary N) is 2. The number of likely N-dealkylation sites (tertiary alicyclic amines) is 1. The van der Waals surface area contributed by atoms with Gasteiger partial charge in [0, 0.05) is 37.8 Å². The van der Waals surface area contributed by atoms with Crippen molar-refractivity contribution in [1.29, 1.82) is 0 Å². The van der Waals surface area contributed by atoms with Gasteiger partial charge in [-0.25, -0.2) is 0 Å². The highest BCUT2D eigenvalue weighted by molar-refractivity contribution is 5.98. The predicted octanol–water partition coefficient (Wildman–Crippen LogP) is 4.44. The highest BCUT2D eigenvalue weighted by Crippen LogP contribution is 2.18. The number of fused-ring (bicyclic) bond motifs is 1. The first-order valence-corrected chi connectivity index (χ1v) is 14.1. The van der Waals surface area contributed by atoms with E-state index in [-0.39, 0.29) is 23.9 Å². The largest absolute Gasteiger partial charge is 0.350 e. The number of piperidine rings is 1. The van der Waals surface area contributed by atoms with E-state index in [0.717, 1.165) is 69.2 Å². The van der Waals surface area contributed by atoms with Gasteiger partial charge in [-0.3, -0.25) is 9.59 Å². The summed E-state index contributed by atoms with van der Waals surface area (Å²) in [6.07, 6.45) is 7.71. The molecule has 0 radical (unpaired) electrons. The number of nitrogens with zero attached hydrogens (tertiary/aromatic N) is 2. The third-order valence-corrected chi connectivity index (χ3v) is 8.13. The molecule has 2 amide bonds. The van der Waals surface area contributed by atoms with E-state index in [4.69, 9.17) is 0 Å². The van der Waals surface area contributed by atoms with Gasteiger partial charge in [-0.1, -0.05) is 63.4 Å². The molecule has 0 saturated carbocycles. The predicted molar refractivity (Wildman–Crippen MR) is 147 cm³/mol. The van der Waals surface area contributed by atoms with Crippen molar-refractivity contribution in [3.63, 3.8) is 0 Å². The molecule has 196 valence electrons. The lowest BCUT2D eigenvalue weighted by molar-refractivity contribution is -0.133. The smallest absolute Gasteiger partial charge is 0.251 e. The van der Waals surface area contributed by atoms with E-state index >= 15 is 0 Å². The fraction of sp³-hybridized carbons (Fsp3) is 0.600. The van der Waals surface area contributed by atoms with Gasteiger partial charge in [0.1, 0.15) is 0 Å². The van der Waals surface area contributed by atoms with Crippen molar-refractivity contribution in [2.75, 3.05) is 39.3 Å². The average Bonchev–Trinajstić information content (AvgIpc) is 3.07. The maximum absolute atomic E-state index is 13.6. The van der Waals surface area contributed by atoms with E-state index in [1.165, 1.54) is 19.3 Å². The zero-order chi connectivity index (χ0) is 25.3. The van der Waals surface area contributed by atoms with Gasteiger partial charge in [-0.2, -0.15) is 0 Å². The normalized spacial score (nSPS) is 21.6. The summed E-state index contributed by atoms with van der Waals surface area (Å²) in [7, 11) is 0. The van der Waals surface area contributed by atoms with Gasteiger partial charge >= 0.3 is 0 Å². The van der Waals surface area contributed by atoms with Gasteiger partial charge < -0.3 is 20.4 Å². The number of benzene rings is 2. The molecular weight excluding hydrogens is 448 g/mol. The van der Waals surface area contributed by atoms with E-state index in [0.29, 0.717) is 18.0 Å². The van der Waals surface area contributed by atoms with E-state index in [9.17, 15) is 9.59 Å². The minimum Gasteiger partial charge on any atom is -0.350 e. The van der Waals surface area contributed by atoms with Gasteiger partial charge in [-0.05, 0) is 67.6 Å².